The summed E-state index contributed by atoms with van der Waals surface area (Å²) in [6.07, 6.45) is 0. The van der Waals surface area contributed by atoms with Crippen molar-refractivity contribution in [3.63, 3.8) is 0 Å². The van der Waals surface area contributed by atoms with Gasteiger partial charge in [-0.15, -0.1) is 0 Å². The molecule has 3 nitrogen and oxygen atoms in total. The van der Waals surface area contributed by atoms with Crippen molar-refractivity contribution >= 4 is 16.7 Å². The number of hydrogen-bond acceptors (Lipinski definition) is 3. The van der Waals surface area contributed by atoms with Gasteiger partial charge in [0.15, 0.2) is 0 Å². The maximum absolute atomic E-state index is 13.3. The molecule has 0 bridgehead atoms. The molecular formula is C10H10FN3. The highest BCUT2D eigenvalue weighted by atomic mass is 19.1. The van der Waals surface area contributed by atoms with Gasteiger partial charge in [-0.1, -0.05) is 12.1 Å². The highest BCUT2D eigenvalue weighted by Gasteiger charge is 2.05. The molecule has 3 N–H and O–H groups in total. The standard InChI is InChI=1S/C10H10FN3/c1-6-5-7-3-2-4-8(11)9(7)13-10(6)14-12/h2-5H,12H2,1H3,(H,13,14). The number of para-hydroxylation sites is 1. The minimum Gasteiger partial charge on any atom is -0.308 e. The summed E-state index contributed by atoms with van der Waals surface area (Å²) >= 11 is 0. The van der Waals surface area contributed by atoms with Gasteiger partial charge in [-0.2, -0.15) is 0 Å². The lowest BCUT2D eigenvalue weighted by Crippen LogP contribution is -2.10. The Morgan fingerprint density at radius 1 is 1.43 bits per heavy atom. The molecule has 0 amide bonds. The molecule has 0 radical (unpaired) electrons. The number of aryl methyl sites for hydroxylation is 1. The number of nitrogens with zero attached hydrogens (tertiary/aromatic N) is 1. The second-order valence-corrected chi connectivity index (χ2v) is 3.11. The molecular weight excluding hydrogens is 181 g/mol. The summed E-state index contributed by atoms with van der Waals surface area (Å²) in [6, 6.07) is 6.71. The van der Waals surface area contributed by atoms with E-state index in [0.717, 1.165) is 10.9 Å². The SMILES string of the molecule is Cc1cc2cccc(F)c2nc1NN. The molecule has 0 saturated carbocycles. The number of anilines is 1. The molecule has 2 rings (SSSR count). The fraction of sp³-hybridized carbons (Fsp3) is 0.100. The van der Waals surface area contributed by atoms with E-state index in [4.69, 9.17) is 5.84 Å². The average Bonchev–Trinajstić information content (AvgIpc) is 2.17. The van der Waals surface area contributed by atoms with Crippen molar-refractivity contribution < 1.29 is 4.39 Å². The van der Waals surface area contributed by atoms with Crippen LogP contribution >= 0.6 is 0 Å². The fourth-order valence-corrected chi connectivity index (χ4v) is 1.41. The second-order valence-electron chi connectivity index (χ2n) is 3.11. The maximum Gasteiger partial charge on any atom is 0.149 e. The van der Waals surface area contributed by atoms with Crippen LogP contribution in [0, 0.1) is 12.7 Å². The Balaban J connectivity index is 2.80. The molecule has 2 aromatic rings. The summed E-state index contributed by atoms with van der Waals surface area (Å²) < 4.78 is 13.3. The lowest BCUT2D eigenvalue weighted by atomic mass is 10.1. The van der Waals surface area contributed by atoms with E-state index in [-0.39, 0.29) is 5.82 Å². The van der Waals surface area contributed by atoms with Crippen LogP contribution in [0.1, 0.15) is 5.56 Å². The predicted molar refractivity (Wildman–Crippen MR) is 54.2 cm³/mol. The molecule has 0 atom stereocenters. The molecule has 0 saturated heterocycles. The minimum atomic E-state index is -0.334. The average molecular weight is 191 g/mol. The highest BCUT2D eigenvalue weighted by Crippen LogP contribution is 2.20. The normalized spacial score (nSPS) is 10.5. The summed E-state index contributed by atoms with van der Waals surface area (Å²) in [6.45, 7) is 1.87. The summed E-state index contributed by atoms with van der Waals surface area (Å²) in [7, 11) is 0. The van der Waals surface area contributed by atoms with Gasteiger partial charge in [-0.05, 0) is 24.6 Å². The summed E-state index contributed by atoms with van der Waals surface area (Å²) in [5.41, 5.74) is 3.67. The van der Waals surface area contributed by atoms with Crippen molar-refractivity contribution in [3.8, 4) is 0 Å². The van der Waals surface area contributed by atoms with Crippen molar-refractivity contribution in [2.24, 2.45) is 5.84 Å². The molecule has 0 aliphatic rings. The van der Waals surface area contributed by atoms with Crippen LogP contribution < -0.4 is 11.3 Å². The first-order valence-corrected chi connectivity index (χ1v) is 4.25. The molecule has 1 aromatic carbocycles. The van der Waals surface area contributed by atoms with E-state index in [1.54, 1.807) is 6.07 Å². The molecule has 4 heteroatoms. The van der Waals surface area contributed by atoms with Gasteiger partial charge in [0.1, 0.15) is 17.2 Å². The summed E-state index contributed by atoms with van der Waals surface area (Å²) in [4.78, 5) is 4.08. The van der Waals surface area contributed by atoms with E-state index in [2.05, 4.69) is 10.4 Å². The van der Waals surface area contributed by atoms with Gasteiger partial charge in [0.2, 0.25) is 0 Å². The van der Waals surface area contributed by atoms with Crippen molar-refractivity contribution in [1.82, 2.24) is 4.98 Å². The Morgan fingerprint density at radius 2 is 2.21 bits per heavy atom. The van der Waals surface area contributed by atoms with Crippen molar-refractivity contribution in [2.45, 2.75) is 6.92 Å². The zero-order chi connectivity index (χ0) is 10.1. The van der Waals surface area contributed by atoms with Gasteiger partial charge >= 0.3 is 0 Å². The maximum atomic E-state index is 13.3. The zero-order valence-electron chi connectivity index (χ0n) is 7.71. The van der Waals surface area contributed by atoms with E-state index in [0.29, 0.717) is 11.3 Å². The highest BCUT2D eigenvalue weighted by molar-refractivity contribution is 5.82. The van der Waals surface area contributed by atoms with E-state index in [1.807, 2.05) is 19.1 Å². The van der Waals surface area contributed by atoms with Crippen LogP contribution in [0.25, 0.3) is 10.9 Å². The number of benzene rings is 1. The Bertz CT molecular complexity index is 482. The number of rotatable bonds is 1. The number of fused-ring (bicyclic) bond motifs is 1. The van der Waals surface area contributed by atoms with Gasteiger partial charge in [-0.25, -0.2) is 15.2 Å². The molecule has 14 heavy (non-hydrogen) atoms. The molecule has 0 unspecified atom stereocenters. The van der Waals surface area contributed by atoms with Crippen LogP contribution in [-0.4, -0.2) is 4.98 Å². The van der Waals surface area contributed by atoms with Gasteiger partial charge in [0.25, 0.3) is 0 Å². The molecule has 0 fully saturated rings. The topological polar surface area (TPSA) is 50.9 Å². The van der Waals surface area contributed by atoms with E-state index >= 15 is 0 Å². The lowest BCUT2D eigenvalue weighted by Gasteiger charge is -2.06. The number of pyridine rings is 1. The molecule has 72 valence electrons. The number of nitrogen functional groups attached to an aromatic ring is 1. The lowest BCUT2D eigenvalue weighted by molar-refractivity contribution is 0.637. The van der Waals surface area contributed by atoms with Gasteiger partial charge < -0.3 is 5.43 Å². The largest absolute Gasteiger partial charge is 0.308 e. The third kappa shape index (κ3) is 1.29. The molecule has 0 spiro atoms. The van der Waals surface area contributed by atoms with Crippen LogP contribution in [0.5, 0.6) is 0 Å². The van der Waals surface area contributed by atoms with Crippen molar-refractivity contribution in [2.75, 3.05) is 5.43 Å². The van der Waals surface area contributed by atoms with Gasteiger partial charge in [-0.3, -0.25) is 0 Å². The van der Waals surface area contributed by atoms with Crippen LogP contribution in [0.4, 0.5) is 10.2 Å². The third-order valence-corrected chi connectivity index (χ3v) is 2.12. The number of halogens is 1. The minimum absolute atomic E-state index is 0.334. The second kappa shape index (κ2) is 3.23. The zero-order valence-corrected chi connectivity index (χ0v) is 7.71. The summed E-state index contributed by atoms with van der Waals surface area (Å²) in [5, 5.41) is 0.779. The first-order valence-electron chi connectivity index (χ1n) is 4.25. The quantitative estimate of drug-likeness (QED) is 0.535. The van der Waals surface area contributed by atoms with Gasteiger partial charge in [0.05, 0.1) is 0 Å². The van der Waals surface area contributed by atoms with Crippen molar-refractivity contribution in [1.29, 1.82) is 0 Å². The Morgan fingerprint density at radius 3 is 2.93 bits per heavy atom. The predicted octanol–water partition coefficient (Wildman–Crippen LogP) is 1.97. The fourth-order valence-electron chi connectivity index (χ4n) is 1.41. The Kier molecular flexibility index (Phi) is 2.05. The van der Waals surface area contributed by atoms with Crippen LogP contribution in [-0.2, 0) is 0 Å². The first-order chi connectivity index (χ1) is 6.72. The van der Waals surface area contributed by atoms with E-state index in [1.165, 1.54) is 6.07 Å². The van der Waals surface area contributed by atoms with Crippen LogP contribution in [0.2, 0.25) is 0 Å². The van der Waals surface area contributed by atoms with Crippen molar-refractivity contribution in [3.05, 3.63) is 35.6 Å². The molecule has 1 aromatic heterocycles. The Labute approximate surface area is 80.7 Å². The monoisotopic (exact) mass is 191 g/mol. The Hall–Kier alpha value is -1.68. The third-order valence-electron chi connectivity index (χ3n) is 2.12. The van der Waals surface area contributed by atoms with Crippen LogP contribution in [0.15, 0.2) is 24.3 Å². The van der Waals surface area contributed by atoms with Crippen LogP contribution in [0.3, 0.4) is 0 Å². The van der Waals surface area contributed by atoms with E-state index in [9.17, 15) is 4.39 Å². The molecule has 1 heterocycles. The number of aromatic nitrogens is 1. The number of nitrogens with two attached hydrogens (primary N) is 1. The number of hydrazine groups is 1. The van der Waals surface area contributed by atoms with E-state index < -0.39 is 0 Å². The smallest absolute Gasteiger partial charge is 0.149 e. The molecule has 0 aliphatic carbocycles. The van der Waals surface area contributed by atoms with Gasteiger partial charge in [0, 0.05) is 5.39 Å². The number of hydrogen-bond donors (Lipinski definition) is 2. The number of nitrogens with one attached hydrogen (secondary N) is 1. The summed E-state index contributed by atoms with van der Waals surface area (Å²) in [5.74, 6) is 5.42. The first kappa shape index (κ1) is 8.90. The molecule has 0 aliphatic heterocycles.